The number of rotatable bonds is 8. The molecule has 0 unspecified atom stereocenters. The summed E-state index contributed by atoms with van der Waals surface area (Å²) in [6.45, 7) is 0. The van der Waals surface area contributed by atoms with Gasteiger partial charge in [-0.05, 0) is 28.8 Å². The van der Waals surface area contributed by atoms with E-state index < -0.39 is 0 Å². The maximum absolute atomic E-state index is 10.1. The predicted octanol–water partition coefficient (Wildman–Crippen LogP) is 11.3. The highest BCUT2D eigenvalue weighted by molar-refractivity contribution is 5.80. The lowest BCUT2D eigenvalue weighted by atomic mass is 9.94. The molecule has 0 fully saturated rings. The summed E-state index contributed by atoms with van der Waals surface area (Å²) in [6.07, 6.45) is 0. The molecule has 0 N–H and O–H groups in total. The van der Waals surface area contributed by atoms with Gasteiger partial charge in [0.25, 0.3) is 0 Å². The maximum Gasteiger partial charge on any atom is 0.164 e. The van der Waals surface area contributed by atoms with E-state index in [9.17, 15) is 5.26 Å². The first-order valence-electron chi connectivity index (χ1n) is 18.2. The van der Waals surface area contributed by atoms with Gasteiger partial charge in [0.15, 0.2) is 34.9 Å². The normalized spacial score (nSPS) is 10.8. The summed E-state index contributed by atoms with van der Waals surface area (Å²) >= 11 is 0. The Hall–Kier alpha value is -7.95. The Morgan fingerprint density at radius 3 is 0.857 bits per heavy atom. The fraction of sp³-hybridized carbons (Fsp3) is 0. The van der Waals surface area contributed by atoms with Crippen molar-refractivity contribution >= 4 is 0 Å². The highest BCUT2D eigenvalue weighted by Gasteiger charge is 2.15. The summed E-state index contributed by atoms with van der Waals surface area (Å²) in [5, 5.41) is 10.1. The molecule has 0 amide bonds. The zero-order chi connectivity index (χ0) is 37.7. The van der Waals surface area contributed by atoms with Crippen molar-refractivity contribution in [2.75, 3.05) is 0 Å². The van der Waals surface area contributed by atoms with E-state index in [-0.39, 0.29) is 0 Å². The number of nitrogens with zero attached hydrogens (tertiary/aromatic N) is 7. The fourth-order valence-corrected chi connectivity index (χ4v) is 6.55. The molecule has 2 aromatic heterocycles. The van der Waals surface area contributed by atoms with Crippen LogP contribution in [-0.2, 0) is 0 Å². The van der Waals surface area contributed by atoms with E-state index >= 15 is 0 Å². The van der Waals surface area contributed by atoms with Gasteiger partial charge in [-0.3, -0.25) is 0 Å². The van der Waals surface area contributed by atoms with E-state index in [1.165, 1.54) is 0 Å². The number of nitriles is 1. The molecule has 56 heavy (non-hydrogen) atoms. The molecule has 0 saturated heterocycles. The van der Waals surface area contributed by atoms with E-state index in [1.807, 2.05) is 170 Å². The third-order valence-electron chi connectivity index (χ3n) is 9.47. The molecule has 0 spiro atoms. The molecule has 0 bridgehead atoms. The van der Waals surface area contributed by atoms with Crippen molar-refractivity contribution in [3.63, 3.8) is 0 Å². The second kappa shape index (κ2) is 15.2. The van der Waals surface area contributed by atoms with Crippen LogP contribution in [0, 0.1) is 11.3 Å². The van der Waals surface area contributed by atoms with Gasteiger partial charge in [-0.25, -0.2) is 29.9 Å². The van der Waals surface area contributed by atoms with Crippen molar-refractivity contribution in [3.8, 4) is 96.7 Å². The quantitative estimate of drug-likeness (QED) is 0.154. The molecule has 0 radical (unpaired) electrons. The Kier molecular flexibility index (Phi) is 9.18. The van der Waals surface area contributed by atoms with Gasteiger partial charge in [-0.15, -0.1) is 0 Å². The molecular weight excluding hydrogens is 687 g/mol. The zero-order valence-corrected chi connectivity index (χ0v) is 30.0. The molecule has 0 aliphatic heterocycles. The number of benzene rings is 7. The Balaban J connectivity index is 1.04. The Morgan fingerprint density at radius 1 is 0.268 bits per heavy atom. The smallest absolute Gasteiger partial charge is 0.164 e. The summed E-state index contributed by atoms with van der Waals surface area (Å²) in [6, 6.07) is 64.3. The SMILES string of the molecule is N#Cc1ccc(-c2ccc(-c3nc(-c4ccccc4)nc(-c4ccccc4)n3)cc2)cc1-c1ccc(-c2nc(-c3ccccc3)nc(-c3ccccc3)n2)cc1. The maximum atomic E-state index is 10.1. The molecule has 0 atom stereocenters. The molecule has 7 heteroatoms. The lowest BCUT2D eigenvalue weighted by Gasteiger charge is -2.11. The highest BCUT2D eigenvalue weighted by atomic mass is 15.0. The number of hydrogen-bond donors (Lipinski definition) is 0. The molecule has 7 aromatic carbocycles. The molecule has 0 saturated carbocycles. The van der Waals surface area contributed by atoms with Crippen LogP contribution in [0.3, 0.4) is 0 Å². The standard InChI is InChI=1S/C49H31N7/c50-32-42-30-29-41(33-21-25-39(26-22-33)48-53-44(35-13-5-1-6-14-35)51-45(54-48)36-15-7-2-8-16-36)31-43(42)34-23-27-40(28-24-34)49-55-46(37-17-9-3-10-18-37)52-47(56-49)38-19-11-4-12-20-38/h1-31H. The zero-order valence-electron chi connectivity index (χ0n) is 30.0. The van der Waals surface area contributed by atoms with Crippen LogP contribution in [0.1, 0.15) is 5.56 Å². The van der Waals surface area contributed by atoms with Crippen LogP contribution in [0.2, 0.25) is 0 Å². The first-order chi connectivity index (χ1) is 27.7. The predicted molar refractivity (Wildman–Crippen MR) is 221 cm³/mol. The molecule has 7 nitrogen and oxygen atoms in total. The second-order valence-electron chi connectivity index (χ2n) is 13.1. The van der Waals surface area contributed by atoms with Gasteiger partial charge in [0, 0.05) is 38.9 Å². The van der Waals surface area contributed by atoms with E-state index in [0.717, 1.165) is 55.6 Å². The first kappa shape index (κ1) is 33.9. The Bertz CT molecular complexity index is 2710. The number of hydrogen-bond acceptors (Lipinski definition) is 7. The van der Waals surface area contributed by atoms with Gasteiger partial charge in [-0.2, -0.15) is 5.26 Å². The van der Waals surface area contributed by atoms with E-state index in [4.69, 9.17) is 29.9 Å². The van der Waals surface area contributed by atoms with E-state index in [0.29, 0.717) is 40.5 Å². The summed E-state index contributed by atoms with van der Waals surface area (Å²) in [7, 11) is 0. The summed E-state index contributed by atoms with van der Waals surface area (Å²) in [5.41, 5.74) is 9.71. The van der Waals surface area contributed by atoms with Gasteiger partial charge in [-0.1, -0.05) is 176 Å². The van der Waals surface area contributed by atoms with Crippen molar-refractivity contribution in [1.82, 2.24) is 29.9 Å². The van der Waals surface area contributed by atoms with Gasteiger partial charge in [0.05, 0.1) is 11.6 Å². The third kappa shape index (κ3) is 7.06. The molecule has 9 rings (SSSR count). The van der Waals surface area contributed by atoms with Crippen molar-refractivity contribution in [1.29, 1.82) is 5.26 Å². The molecule has 0 aliphatic carbocycles. The van der Waals surface area contributed by atoms with E-state index in [2.05, 4.69) is 24.3 Å². The van der Waals surface area contributed by atoms with Crippen LogP contribution >= 0.6 is 0 Å². The van der Waals surface area contributed by atoms with Gasteiger partial charge >= 0.3 is 0 Å². The monoisotopic (exact) mass is 717 g/mol. The molecular formula is C49H31N7. The Morgan fingerprint density at radius 2 is 0.536 bits per heavy atom. The summed E-state index contributed by atoms with van der Waals surface area (Å²) in [4.78, 5) is 29.1. The lowest BCUT2D eigenvalue weighted by molar-refractivity contribution is 1.07. The van der Waals surface area contributed by atoms with Gasteiger partial charge < -0.3 is 0 Å². The average Bonchev–Trinajstić information content (AvgIpc) is 3.30. The third-order valence-corrected chi connectivity index (χ3v) is 9.47. The number of aromatic nitrogens is 6. The minimum atomic E-state index is 0.573. The summed E-state index contributed by atoms with van der Waals surface area (Å²) < 4.78 is 0. The van der Waals surface area contributed by atoms with Crippen LogP contribution in [0.15, 0.2) is 188 Å². The average molecular weight is 718 g/mol. The van der Waals surface area contributed by atoms with Crippen LogP contribution in [0.5, 0.6) is 0 Å². The topological polar surface area (TPSA) is 101 Å². The molecule has 0 aliphatic rings. The largest absolute Gasteiger partial charge is 0.208 e. The molecule has 2 heterocycles. The molecule has 262 valence electrons. The van der Waals surface area contributed by atoms with Gasteiger partial charge in [0.1, 0.15) is 0 Å². The first-order valence-corrected chi connectivity index (χ1v) is 18.2. The fourth-order valence-electron chi connectivity index (χ4n) is 6.55. The second-order valence-corrected chi connectivity index (χ2v) is 13.1. The highest BCUT2D eigenvalue weighted by Crippen LogP contribution is 2.33. The van der Waals surface area contributed by atoms with Crippen molar-refractivity contribution in [2.45, 2.75) is 0 Å². The van der Waals surface area contributed by atoms with Crippen LogP contribution in [-0.4, -0.2) is 29.9 Å². The summed E-state index contributed by atoms with van der Waals surface area (Å²) in [5.74, 6) is 3.61. The van der Waals surface area contributed by atoms with Crippen molar-refractivity contribution in [3.05, 3.63) is 194 Å². The Labute approximate surface area is 324 Å². The minimum absolute atomic E-state index is 0.573. The minimum Gasteiger partial charge on any atom is -0.208 e. The lowest BCUT2D eigenvalue weighted by Crippen LogP contribution is -2.00. The molecule has 9 aromatic rings. The van der Waals surface area contributed by atoms with Crippen LogP contribution in [0.25, 0.3) is 90.6 Å². The van der Waals surface area contributed by atoms with Crippen molar-refractivity contribution in [2.24, 2.45) is 0 Å². The van der Waals surface area contributed by atoms with Gasteiger partial charge in [0.2, 0.25) is 0 Å². The van der Waals surface area contributed by atoms with E-state index in [1.54, 1.807) is 0 Å². The van der Waals surface area contributed by atoms with Crippen molar-refractivity contribution < 1.29 is 0 Å². The van der Waals surface area contributed by atoms with Crippen LogP contribution in [0.4, 0.5) is 0 Å². The van der Waals surface area contributed by atoms with Crippen LogP contribution < -0.4 is 0 Å².